The smallest absolute Gasteiger partial charge is 0.328 e. The van der Waals surface area contributed by atoms with Crippen LogP contribution in [-0.4, -0.2) is 46.7 Å². The summed E-state index contributed by atoms with van der Waals surface area (Å²) in [5, 5.41) is -0.455. The molecule has 1 aromatic carbocycles. The summed E-state index contributed by atoms with van der Waals surface area (Å²) < 4.78 is 4.68. The summed E-state index contributed by atoms with van der Waals surface area (Å²) in [6.07, 6.45) is 2.77. The van der Waals surface area contributed by atoms with E-state index in [4.69, 9.17) is 0 Å². The van der Waals surface area contributed by atoms with Crippen LogP contribution in [0.15, 0.2) is 23.1 Å². The number of hydrogen-bond acceptors (Lipinski definition) is 6. The molecule has 0 saturated carbocycles. The number of benzene rings is 1. The van der Waals surface area contributed by atoms with Gasteiger partial charge in [0, 0.05) is 17.3 Å². The van der Waals surface area contributed by atoms with E-state index in [0.29, 0.717) is 16.9 Å². The maximum absolute atomic E-state index is 12.8. The molecule has 2 heterocycles. The number of carbonyl (C=O) groups excluding carboxylic acids is 3. The molecule has 162 valence electrons. The number of hydrogen-bond donors (Lipinski definition) is 0. The highest BCUT2D eigenvalue weighted by Crippen LogP contribution is 2.45. The molecule has 0 bridgehead atoms. The monoisotopic (exact) mass is 430 g/mol. The molecule has 30 heavy (non-hydrogen) atoms. The highest BCUT2D eigenvalue weighted by molar-refractivity contribution is 8.18. The van der Waals surface area contributed by atoms with Crippen molar-refractivity contribution in [2.75, 3.05) is 12.0 Å². The molecule has 1 fully saturated rings. The molecule has 0 spiro atoms. The van der Waals surface area contributed by atoms with Crippen LogP contribution in [0.2, 0.25) is 0 Å². The molecule has 2 atom stereocenters. The van der Waals surface area contributed by atoms with E-state index in [1.807, 2.05) is 6.07 Å². The fraction of sp³-hybridized carbons (Fsp3) is 0.522. The zero-order valence-electron chi connectivity index (χ0n) is 18.7. The Hall–Kier alpha value is -2.28. The normalized spacial score (nSPS) is 23.2. The van der Waals surface area contributed by atoms with Gasteiger partial charge in [0.25, 0.3) is 11.1 Å². The van der Waals surface area contributed by atoms with Crippen molar-refractivity contribution in [3.8, 4) is 0 Å². The van der Waals surface area contributed by atoms with E-state index in [-0.39, 0.29) is 5.54 Å². The number of methoxy groups -OCH3 is 1. The number of thioether (sulfide) groups is 1. The molecule has 2 amide bonds. The van der Waals surface area contributed by atoms with Crippen LogP contribution in [0.3, 0.4) is 0 Å². The average Bonchev–Trinajstić information content (AvgIpc) is 2.93. The second-order valence-electron chi connectivity index (χ2n) is 8.95. The summed E-state index contributed by atoms with van der Waals surface area (Å²) in [4.78, 5) is 40.6. The van der Waals surface area contributed by atoms with Crippen molar-refractivity contribution in [2.24, 2.45) is 0 Å². The zero-order valence-corrected chi connectivity index (χ0v) is 19.5. The Morgan fingerprint density at radius 2 is 1.93 bits per heavy atom. The van der Waals surface area contributed by atoms with E-state index < -0.39 is 23.2 Å². The third kappa shape index (κ3) is 3.87. The van der Waals surface area contributed by atoms with E-state index in [0.717, 1.165) is 28.6 Å². The quantitative estimate of drug-likeness (QED) is 0.506. The van der Waals surface area contributed by atoms with Gasteiger partial charge in [-0.15, -0.1) is 0 Å². The van der Waals surface area contributed by atoms with Crippen LogP contribution >= 0.6 is 11.8 Å². The van der Waals surface area contributed by atoms with E-state index in [1.165, 1.54) is 25.3 Å². The molecule has 2 aliphatic heterocycles. The summed E-state index contributed by atoms with van der Waals surface area (Å²) >= 11 is 0.857. The Bertz CT molecular complexity index is 922. The van der Waals surface area contributed by atoms with Crippen LogP contribution in [0.4, 0.5) is 10.5 Å². The Morgan fingerprint density at radius 3 is 2.53 bits per heavy atom. The number of ether oxygens (including phenoxy) is 1. The lowest BCUT2D eigenvalue weighted by Gasteiger charge is -2.50. The van der Waals surface area contributed by atoms with E-state index >= 15 is 0 Å². The van der Waals surface area contributed by atoms with Crippen molar-refractivity contribution in [3.05, 3.63) is 34.2 Å². The first-order valence-corrected chi connectivity index (χ1v) is 11.1. The van der Waals surface area contributed by atoms with Gasteiger partial charge < -0.3 is 9.64 Å². The molecule has 3 rings (SSSR count). The maximum Gasteiger partial charge on any atom is 0.328 e. The highest BCUT2D eigenvalue weighted by Gasteiger charge is 2.41. The summed E-state index contributed by atoms with van der Waals surface area (Å²) in [6, 6.07) is 5.63. The van der Waals surface area contributed by atoms with Crippen molar-refractivity contribution in [1.29, 1.82) is 0 Å². The molecule has 0 aromatic heterocycles. The summed E-state index contributed by atoms with van der Waals surface area (Å²) in [6.45, 7) is 12.7. The zero-order chi connectivity index (χ0) is 22.4. The molecule has 6 nitrogen and oxygen atoms in total. The number of nitrogens with zero attached hydrogens (tertiary/aromatic N) is 2. The average molecular weight is 431 g/mol. The van der Waals surface area contributed by atoms with Gasteiger partial charge in [-0.25, -0.2) is 4.79 Å². The fourth-order valence-electron chi connectivity index (χ4n) is 4.78. The number of fused-ring (bicyclic) bond motifs is 1. The lowest BCUT2D eigenvalue weighted by molar-refractivity contribution is -0.148. The first-order valence-electron chi connectivity index (χ1n) is 10.3. The van der Waals surface area contributed by atoms with Crippen molar-refractivity contribution >= 4 is 40.6 Å². The van der Waals surface area contributed by atoms with Crippen molar-refractivity contribution < 1.29 is 19.1 Å². The van der Waals surface area contributed by atoms with Crippen molar-refractivity contribution in [1.82, 2.24) is 4.90 Å². The van der Waals surface area contributed by atoms with Crippen LogP contribution < -0.4 is 4.90 Å². The number of rotatable bonds is 4. The van der Waals surface area contributed by atoms with Crippen LogP contribution in [0.25, 0.3) is 6.08 Å². The lowest BCUT2D eigenvalue weighted by atomic mass is 9.79. The van der Waals surface area contributed by atoms with Crippen LogP contribution in [-0.2, 0) is 14.3 Å². The van der Waals surface area contributed by atoms with Crippen molar-refractivity contribution in [2.45, 2.75) is 71.5 Å². The highest BCUT2D eigenvalue weighted by atomic mass is 32.2. The largest absolute Gasteiger partial charge is 0.467 e. The van der Waals surface area contributed by atoms with Gasteiger partial charge in [-0.05, 0) is 88.1 Å². The topological polar surface area (TPSA) is 66.9 Å². The SMILES string of the molecule is COC(=O)[C@H](C)N1C(=O)S/C(=C/c2ccc3c(c2)[C@@H](C)CC(C)(C)N3C(C)C)C1=O. The van der Waals surface area contributed by atoms with Crippen molar-refractivity contribution in [3.63, 3.8) is 0 Å². The molecule has 0 aliphatic carbocycles. The Morgan fingerprint density at radius 1 is 1.27 bits per heavy atom. The molecular weight excluding hydrogens is 400 g/mol. The van der Waals surface area contributed by atoms with Gasteiger partial charge in [0.05, 0.1) is 12.0 Å². The van der Waals surface area contributed by atoms with E-state index in [1.54, 1.807) is 6.08 Å². The second kappa shape index (κ2) is 8.10. The van der Waals surface area contributed by atoms with Gasteiger partial charge in [-0.2, -0.15) is 0 Å². The molecule has 0 radical (unpaired) electrons. The number of amides is 2. The minimum absolute atomic E-state index is 0.0643. The molecule has 1 saturated heterocycles. The Balaban J connectivity index is 1.95. The predicted molar refractivity (Wildman–Crippen MR) is 120 cm³/mol. The van der Waals surface area contributed by atoms with Gasteiger partial charge in [0.15, 0.2) is 0 Å². The summed E-state index contributed by atoms with van der Waals surface area (Å²) in [7, 11) is 1.24. The molecule has 0 N–H and O–H groups in total. The van der Waals surface area contributed by atoms with E-state index in [2.05, 4.69) is 56.4 Å². The molecule has 0 unspecified atom stereocenters. The minimum atomic E-state index is -0.946. The van der Waals surface area contributed by atoms with Crippen LogP contribution in [0.1, 0.15) is 65.0 Å². The molecule has 7 heteroatoms. The van der Waals surface area contributed by atoms with Gasteiger partial charge in [-0.1, -0.05) is 13.0 Å². The van der Waals surface area contributed by atoms with Gasteiger partial charge in [0.2, 0.25) is 0 Å². The second-order valence-corrected chi connectivity index (χ2v) is 9.94. The third-order valence-electron chi connectivity index (χ3n) is 5.87. The number of esters is 1. The first kappa shape index (κ1) is 22.4. The number of imide groups is 1. The Kier molecular flexibility index (Phi) is 6.05. The number of anilines is 1. The summed E-state index contributed by atoms with van der Waals surface area (Å²) in [5.41, 5.74) is 3.41. The maximum atomic E-state index is 12.8. The predicted octanol–water partition coefficient (Wildman–Crippen LogP) is 4.79. The van der Waals surface area contributed by atoms with Gasteiger partial charge in [0.1, 0.15) is 6.04 Å². The molecule has 2 aliphatic rings. The third-order valence-corrected chi connectivity index (χ3v) is 6.75. The first-order chi connectivity index (χ1) is 14.0. The Labute approximate surface area is 182 Å². The fourth-order valence-corrected chi connectivity index (χ4v) is 5.69. The minimum Gasteiger partial charge on any atom is -0.467 e. The van der Waals surface area contributed by atoms with Crippen LogP contribution in [0, 0.1) is 0 Å². The lowest BCUT2D eigenvalue weighted by Crippen LogP contribution is -2.51. The molecule has 1 aromatic rings. The van der Waals surface area contributed by atoms with Gasteiger partial charge >= 0.3 is 5.97 Å². The summed E-state index contributed by atoms with van der Waals surface area (Å²) in [5.74, 6) is -0.691. The standard InChI is InChI=1S/C23H30N2O4S/c1-13(2)25-18-9-8-16(10-17(18)14(3)12-23(25,5)6)11-19-20(26)24(22(28)30-19)15(4)21(27)29-7/h8-11,13-15H,12H2,1-7H3/b19-11+/t14-,15-/m0/s1. The number of carbonyl (C=O) groups is 3. The van der Waals surface area contributed by atoms with Crippen LogP contribution in [0.5, 0.6) is 0 Å². The van der Waals surface area contributed by atoms with E-state index in [9.17, 15) is 14.4 Å². The van der Waals surface area contributed by atoms with Gasteiger partial charge in [-0.3, -0.25) is 14.5 Å². The molecular formula is C23H30N2O4S.